The molecule has 27 heavy (non-hydrogen) atoms. The van der Waals surface area contributed by atoms with Crippen molar-refractivity contribution in [2.75, 3.05) is 20.2 Å². The van der Waals surface area contributed by atoms with Crippen molar-refractivity contribution in [1.82, 2.24) is 20.3 Å². The van der Waals surface area contributed by atoms with Crippen LogP contribution in [0.5, 0.6) is 0 Å². The van der Waals surface area contributed by atoms with Crippen molar-refractivity contribution >= 4 is 0 Å². The molecule has 1 aliphatic rings. The second kappa shape index (κ2) is 7.58. The molecule has 1 aliphatic heterocycles. The highest BCUT2D eigenvalue weighted by Gasteiger charge is 2.34. The van der Waals surface area contributed by atoms with E-state index >= 15 is 0 Å². The minimum absolute atomic E-state index is 0.0982. The quantitative estimate of drug-likeness (QED) is 0.658. The standard InChI is InChI=1S/C19H21FN4O3/c1-12-6-16(27-23-12)8-14-9-24(10-17(14)25-2)11-18-21-22-19(26-18)13-4-3-5-15(20)7-13/h3-7,14,17H,8-11H2,1-2H3/t14-,17+/m1/s1. The predicted octanol–water partition coefficient (Wildman–Crippen LogP) is 2.86. The number of likely N-dealkylation sites (tertiary alicyclic amines) is 1. The van der Waals surface area contributed by atoms with Crippen LogP contribution in [0.2, 0.25) is 0 Å². The molecular formula is C19H21FN4O3. The third-order valence-electron chi connectivity index (χ3n) is 4.80. The van der Waals surface area contributed by atoms with Gasteiger partial charge >= 0.3 is 0 Å². The molecule has 0 saturated carbocycles. The van der Waals surface area contributed by atoms with Crippen LogP contribution in [-0.4, -0.2) is 46.6 Å². The minimum atomic E-state index is -0.333. The summed E-state index contributed by atoms with van der Waals surface area (Å²) in [5, 5.41) is 12.1. The zero-order chi connectivity index (χ0) is 18.8. The van der Waals surface area contributed by atoms with Crippen molar-refractivity contribution in [2.45, 2.75) is 26.0 Å². The largest absolute Gasteiger partial charge is 0.419 e. The Kier molecular flexibility index (Phi) is 5.00. The molecule has 0 radical (unpaired) electrons. The molecule has 1 saturated heterocycles. The average molecular weight is 372 g/mol. The lowest BCUT2D eigenvalue weighted by atomic mass is 10.0. The lowest BCUT2D eigenvalue weighted by Gasteiger charge is -2.14. The van der Waals surface area contributed by atoms with Crippen LogP contribution < -0.4 is 0 Å². The summed E-state index contributed by atoms with van der Waals surface area (Å²) in [6.45, 7) is 4.03. The van der Waals surface area contributed by atoms with Crippen molar-refractivity contribution in [1.29, 1.82) is 0 Å². The van der Waals surface area contributed by atoms with Crippen LogP contribution in [0, 0.1) is 18.7 Å². The summed E-state index contributed by atoms with van der Waals surface area (Å²) in [5.41, 5.74) is 1.45. The van der Waals surface area contributed by atoms with Crippen molar-refractivity contribution in [3.8, 4) is 11.5 Å². The molecule has 0 unspecified atom stereocenters. The molecule has 0 aliphatic carbocycles. The Morgan fingerprint density at radius 2 is 2.15 bits per heavy atom. The number of aryl methyl sites for hydroxylation is 1. The molecular weight excluding hydrogens is 351 g/mol. The fourth-order valence-electron chi connectivity index (χ4n) is 3.54. The van der Waals surface area contributed by atoms with Crippen molar-refractivity contribution < 1.29 is 18.1 Å². The van der Waals surface area contributed by atoms with E-state index in [1.165, 1.54) is 12.1 Å². The zero-order valence-corrected chi connectivity index (χ0v) is 15.3. The van der Waals surface area contributed by atoms with Gasteiger partial charge in [0.2, 0.25) is 11.8 Å². The van der Waals surface area contributed by atoms with Crippen LogP contribution in [0.15, 0.2) is 39.3 Å². The van der Waals surface area contributed by atoms with E-state index in [9.17, 15) is 4.39 Å². The number of halogens is 1. The van der Waals surface area contributed by atoms with Crippen molar-refractivity contribution in [3.63, 3.8) is 0 Å². The maximum atomic E-state index is 13.4. The summed E-state index contributed by atoms with van der Waals surface area (Å²) in [6.07, 6.45) is 0.870. The summed E-state index contributed by atoms with van der Waals surface area (Å²) in [7, 11) is 1.72. The number of hydrogen-bond donors (Lipinski definition) is 0. The fraction of sp³-hybridized carbons (Fsp3) is 0.421. The van der Waals surface area contributed by atoms with E-state index in [1.807, 2.05) is 13.0 Å². The maximum Gasteiger partial charge on any atom is 0.247 e. The van der Waals surface area contributed by atoms with Crippen LogP contribution in [0.25, 0.3) is 11.5 Å². The molecule has 8 heteroatoms. The van der Waals surface area contributed by atoms with Gasteiger partial charge in [0, 0.05) is 44.2 Å². The first-order valence-corrected chi connectivity index (χ1v) is 8.86. The lowest BCUT2D eigenvalue weighted by molar-refractivity contribution is 0.0757. The first-order chi connectivity index (χ1) is 13.1. The number of ether oxygens (including phenoxy) is 1. The van der Waals surface area contributed by atoms with Crippen LogP contribution in [0.4, 0.5) is 4.39 Å². The summed E-state index contributed by atoms with van der Waals surface area (Å²) in [5.74, 6) is 1.65. The molecule has 4 rings (SSSR count). The number of nitrogens with zero attached hydrogens (tertiary/aromatic N) is 4. The van der Waals surface area contributed by atoms with Gasteiger partial charge in [-0.05, 0) is 25.1 Å². The van der Waals surface area contributed by atoms with E-state index in [0.717, 1.165) is 31.0 Å². The highest BCUT2D eigenvalue weighted by molar-refractivity contribution is 5.52. The second-order valence-corrected chi connectivity index (χ2v) is 6.88. The number of hydrogen-bond acceptors (Lipinski definition) is 7. The molecule has 7 nitrogen and oxygen atoms in total. The minimum Gasteiger partial charge on any atom is -0.419 e. The van der Waals surface area contributed by atoms with Crippen molar-refractivity contribution in [2.24, 2.45) is 5.92 Å². The molecule has 0 bridgehead atoms. The van der Waals surface area contributed by atoms with Gasteiger partial charge in [-0.3, -0.25) is 4.90 Å². The molecule has 2 atom stereocenters. The molecule has 0 N–H and O–H groups in total. The van der Waals surface area contributed by atoms with E-state index in [4.69, 9.17) is 13.7 Å². The van der Waals surface area contributed by atoms with E-state index in [-0.39, 0.29) is 11.9 Å². The van der Waals surface area contributed by atoms with E-state index in [0.29, 0.717) is 29.8 Å². The Morgan fingerprint density at radius 3 is 2.89 bits per heavy atom. The fourth-order valence-corrected chi connectivity index (χ4v) is 3.54. The molecule has 1 aromatic carbocycles. The van der Waals surface area contributed by atoms with Gasteiger partial charge in [0.05, 0.1) is 18.3 Å². The lowest BCUT2D eigenvalue weighted by Crippen LogP contribution is -2.23. The van der Waals surface area contributed by atoms with E-state index in [2.05, 4.69) is 20.3 Å². The highest BCUT2D eigenvalue weighted by Crippen LogP contribution is 2.26. The van der Waals surface area contributed by atoms with Crippen molar-refractivity contribution in [3.05, 3.63) is 53.5 Å². The predicted molar refractivity (Wildman–Crippen MR) is 94.2 cm³/mol. The molecule has 0 spiro atoms. The Labute approximate surface area is 156 Å². The summed E-state index contributed by atoms with van der Waals surface area (Å²) < 4.78 is 30.1. The Bertz CT molecular complexity index is 910. The van der Waals surface area contributed by atoms with Crippen LogP contribution >= 0.6 is 0 Å². The maximum absolute atomic E-state index is 13.4. The number of benzene rings is 1. The average Bonchev–Trinajstić information content (AvgIpc) is 3.36. The SMILES string of the molecule is CO[C@H]1CN(Cc2nnc(-c3cccc(F)c3)o2)C[C@H]1Cc1cc(C)no1. The van der Waals surface area contributed by atoms with Gasteiger partial charge < -0.3 is 13.7 Å². The molecule has 3 heterocycles. The molecule has 1 fully saturated rings. The number of methoxy groups -OCH3 is 1. The molecule has 2 aromatic heterocycles. The Balaban J connectivity index is 1.41. The van der Waals surface area contributed by atoms with Gasteiger partial charge in [-0.25, -0.2) is 4.39 Å². The molecule has 3 aromatic rings. The summed E-state index contributed by atoms with van der Waals surface area (Å²) in [4.78, 5) is 2.21. The smallest absolute Gasteiger partial charge is 0.247 e. The number of rotatable bonds is 6. The first-order valence-electron chi connectivity index (χ1n) is 8.86. The first kappa shape index (κ1) is 17.8. The van der Waals surface area contributed by atoms with Gasteiger partial charge in [-0.1, -0.05) is 11.2 Å². The third kappa shape index (κ3) is 4.06. The number of aromatic nitrogens is 3. The third-order valence-corrected chi connectivity index (χ3v) is 4.80. The Hall–Kier alpha value is -2.58. The van der Waals surface area contributed by atoms with Gasteiger partial charge in [0.25, 0.3) is 0 Å². The summed E-state index contributed by atoms with van der Waals surface area (Å²) >= 11 is 0. The van der Waals surface area contributed by atoms with Gasteiger partial charge in [0.15, 0.2) is 0 Å². The van der Waals surface area contributed by atoms with Gasteiger partial charge in [-0.15, -0.1) is 10.2 Å². The Morgan fingerprint density at radius 1 is 1.26 bits per heavy atom. The van der Waals surface area contributed by atoms with Crippen LogP contribution in [0.1, 0.15) is 17.3 Å². The summed E-state index contributed by atoms with van der Waals surface area (Å²) in [6, 6.07) is 8.08. The van der Waals surface area contributed by atoms with Crippen LogP contribution in [-0.2, 0) is 17.7 Å². The normalized spacial score (nSPS) is 20.4. The molecule has 142 valence electrons. The van der Waals surface area contributed by atoms with E-state index < -0.39 is 0 Å². The van der Waals surface area contributed by atoms with Gasteiger partial charge in [0.1, 0.15) is 11.6 Å². The second-order valence-electron chi connectivity index (χ2n) is 6.88. The highest BCUT2D eigenvalue weighted by atomic mass is 19.1. The topological polar surface area (TPSA) is 77.4 Å². The van der Waals surface area contributed by atoms with Gasteiger partial charge in [-0.2, -0.15) is 0 Å². The monoisotopic (exact) mass is 372 g/mol. The molecule has 0 amide bonds. The van der Waals surface area contributed by atoms with Crippen LogP contribution in [0.3, 0.4) is 0 Å². The zero-order valence-electron chi connectivity index (χ0n) is 15.3. The van der Waals surface area contributed by atoms with E-state index in [1.54, 1.807) is 19.2 Å².